The normalized spacial score (nSPS) is 10.4. The predicted octanol–water partition coefficient (Wildman–Crippen LogP) is 1.93. The van der Waals surface area contributed by atoms with Gasteiger partial charge in [0.1, 0.15) is 0 Å². The number of nitrogens with zero attached hydrogens (tertiary/aromatic N) is 1. The van der Waals surface area contributed by atoms with Gasteiger partial charge in [-0.15, -0.1) is 0 Å². The fourth-order valence-corrected chi connectivity index (χ4v) is 0.958. The largest absolute Gasteiger partial charge is 0.411 e. The molecule has 3 heteroatoms. The van der Waals surface area contributed by atoms with Crippen LogP contribution < -0.4 is 5.32 Å². The molecule has 0 aliphatic rings. The van der Waals surface area contributed by atoms with E-state index in [-0.39, 0.29) is 0 Å². The molecule has 12 heavy (non-hydrogen) atoms. The van der Waals surface area contributed by atoms with Crippen molar-refractivity contribution in [3.63, 3.8) is 0 Å². The van der Waals surface area contributed by atoms with E-state index in [2.05, 4.69) is 10.5 Å². The number of benzene rings is 1. The van der Waals surface area contributed by atoms with Gasteiger partial charge >= 0.3 is 0 Å². The monoisotopic (exact) mass is 164 g/mol. The average molecular weight is 164 g/mol. The second-order valence-electron chi connectivity index (χ2n) is 2.40. The summed E-state index contributed by atoms with van der Waals surface area (Å²) >= 11 is 0. The predicted molar refractivity (Wildman–Crippen MR) is 50.0 cm³/mol. The number of oxime groups is 1. The molecule has 0 aliphatic heterocycles. The van der Waals surface area contributed by atoms with Crippen LogP contribution in [0.25, 0.3) is 0 Å². The molecule has 1 aromatic carbocycles. The number of hydrogen-bond acceptors (Lipinski definition) is 3. The Kier molecular flexibility index (Phi) is 3.14. The van der Waals surface area contributed by atoms with Crippen LogP contribution in [0.1, 0.15) is 12.5 Å². The summed E-state index contributed by atoms with van der Waals surface area (Å²) < 4.78 is 0. The third-order valence-corrected chi connectivity index (χ3v) is 1.50. The summed E-state index contributed by atoms with van der Waals surface area (Å²) in [6.07, 6.45) is 1.40. The van der Waals surface area contributed by atoms with Crippen LogP contribution in [0.3, 0.4) is 0 Å². The Bertz CT molecular complexity index is 254. The third kappa shape index (κ3) is 2.27. The highest BCUT2D eigenvalue weighted by Crippen LogP contribution is 2.07. The lowest BCUT2D eigenvalue weighted by molar-refractivity contribution is 0.322. The lowest BCUT2D eigenvalue weighted by atomic mass is 10.2. The Balaban J connectivity index is 2.71. The fraction of sp³-hybridized carbons (Fsp3) is 0.222. The summed E-state index contributed by atoms with van der Waals surface area (Å²) in [6.45, 7) is 2.95. The topological polar surface area (TPSA) is 44.6 Å². The fourth-order valence-electron chi connectivity index (χ4n) is 0.958. The van der Waals surface area contributed by atoms with Crippen molar-refractivity contribution in [2.75, 3.05) is 11.9 Å². The van der Waals surface area contributed by atoms with Crippen LogP contribution in [0.4, 0.5) is 5.69 Å². The maximum absolute atomic E-state index is 8.25. The molecule has 0 aromatic heterocycles. The molecule has 0 unspecified atom stereocenters. The molecule has 0 aliphatic carbocycles. The standard InChI is InChI=1S/C9H12N2O/c1-2-10-9-5-3-8(4-6-9)7-11-12/h3-7,10,12H,2H2,1H3/b11-7+. The zero-order valence-electron chi connectivity index (χ0n) is 6.99. The molecule has 0 radical (unpaired) electrons. The van der Waals surface area contributed by atoms with Gasteiger partial charge in [0, 0.05) is 12.2 Å². The Morgan fingerprint density at radius 1 is 1.42 bits per heavy atom. The van der Waals surface area contributed by atoms with Crippen LogP contribution in [0.15, 0.2) is 29.4 Å². The molecule has 1 rings (SSSR count). The molecule has 0 atom stereocenters. The highest BCUT2D eigenvalue weighted by molar-refractivity contribution is 5.79. The lowest BCUT2D eigenvalue weighted by Crippen LogP contribution is -1.95. The molecular weight excluding hydrogens is 152 g/mol. The van der Waals surface area contributed by atoms with Gasteiger partial charge in [0.25, 0.3) is 0 Å². The van der Waals surface area contributed by atoms with Crippen molar-refractivity contribution in [1.82, 2.24) is 0 Å². The second-order valence-corrected chi connectivity index (χ2v) is 2.40. The van der Waals surface area contributed by atoms with Gasteiger partial charge in [-0.2, -0.15) is 0 Å². The zero-order chi connectivity index (χ0) is 8.81. The molecular formula is C9H12N2O. The third-order valence-electron chi connectivity index (χ3n) is 1.50. The summed E-state index contributed by atoms with van der Waals surface area (Å²) in [7, 11) is 0. The Morgan fingerprint density at radius 2 is 2.08 bits per heavy atom. The van der Waals surface area contributed by atoms with Crippen molar-refractivity contribution in [3.05, 3.63) is 29.8 Å². The van der Waals surface area contributed by atoms with Crippen LogP contribution >= 0.6 is 0 Å². The van der Waals surface area contributed by atoms with Crippen LogP contribution in [0, 0.1) is 0 Å². The molecule has 0 amide bonds. The Hall–Kier alpha value is -1.51. The summed E-state index contributed by atoms with van der Waals surface area (Å²) in [5.41, 5.74) is 1.96. The Labute approximate surface area is 71.7 Å². The zero-order valence-corrected chi connectivity index (χ0v) is 6.99. The molecule has 2 N–H and O–H groups in total. The van der Waals surface area contributed by atoms with Gasteiger partial charge < -0.3 is 10.5 Å². The van der Waals surface area contributed by atoms with E-state index in [1.165, 1.54) is 6.21 Å². The number of hydrogen-bond donors (Lipinski definition) is 2. The van der Waals surface area contributed by atoms with Crippen molar-refractivity contribution in [1.29, 1.82) is 0 Å². The van der Waals surface area contributed by atoms with Crippen molar-refractivity contribution >= 4 is 11.9 Å². The van der Waals surface area contributed by atoms with Gasteiger partial charge in [-0.05, 0) is 24.6 Å². The van der Waals surface area contributed by atoms with Crippen molar-refractivity contribution in [3.8, 4) is 0 Å². The van der Waals surface area contributed by atoms with E-state index in [1.54, 1.807) is 0 Å². The van der Waals surface area contributed by atoms with E-state index in [0.717, 1.165) is 17.8 Å². The van der Waals surface area contributed by atoms with Crippen LogP contribution in [0.2, 0.25) is 0 Å². The summed E-state index contributed by atoms with van der Waals surface area (Å²) in [4.78, 5) is 0. The molecule has 64 valence electrons. The van der Waals surface area contributed by atoms with E-state index in [4.69, 9.17) is 5.21 Å². The minimum Gasteiger partial charge on any atom is -0.411 e. The molecule has 3 nitrogen and oxygen atoms in total. The molecule has 0 bridgehead atoms. The molecule has 0 saturated heterocycles. The Morgan fingerprint density at radius 3 is 2.58 bits per heavy atom. The van der Waals surface area contributed by atoms with Crippen molar-refractivity contribution in [2.24, 2.45) is 5.16 Å². The minimum atomic E-state index is 0.888. The molecule has 0 heterocycles. The molecule has 1 aromatic rings. The van der Waals surface area contributed by atoms with Gasteiger partial charge in [0.05, 0.1) is 6.21 Å². The van der Waals surface area contributed by atoms with Crippen LogP contribution in [0.5, 0.6) is 0 Å². The lowest BCUT2D eigenvalue weighted by Gasteiger charge is -2.01. The van der Waals surface area contributed by atoms with Gasteiger partial charge in [0.2, 0.25) is 0 Å². The highest BCUT2D eigenvalue weighted by Gasteiger charge is 1.89. The van der Waals surface area contributed by atoms with E-state index in [9.17, 15) is 0 Å². The first-order chi connectivity index (χ1) is 5.86. The van der Waals surface area contributed by atoms with E-state index >= 15 is 0 Å². The van der Waals surface area contributed by atoms with Crippen LogP contribution in [-0.2, 0) is 0 Å². The first kappa shape index (κ1) is 8.59. The maximum atomic E-state index is 8.25. The maximum Gasteiger partial charge on any atom is 0.0733 e. The number of nitrogens with one attached hydrogen (secondary N) is 1. The smallest absolute Gasteiger partial charge is 0.0733 e. The summed E-state index contributed by atoms with van der Waals surface area (Å²) in [5.74, 6) is 0. The van der Waals surface area contributed by atoms with Crippen LogP contribution in [-0.4, -0.2) is 18.0 Å². The first-order valence-electron chi connectivity index (χ1n) is 3.88. The van der Waals surface area contributed by atoms with Gasteiger partial charge in [-0.3, -0.25) is 0 Å². The van der Waals surface area contributed by atoms with Gasteiger partial charge in [0.15, 0.2) is 0 Å². The summed E-state index contributed by atoms with van der Waals surface area (Å²) in [5, 5.41) is 14.4. The van der Waals surface area contributed by atoms with E-state index in [1.807, 2.05) is 31.2 Å². The van der Waals surface area contributed by atoms with Gasteiger partial charge in [-0.1, -0.05) is 17.3 Å². The van der Waals surface area contributed by atoms with Crippen molar-refractivity contribution < 1.29 is 5.21 Å². The van der Waals surface area contributed by atoms with Crippen molar-refractivity contribution in [2.45, 2.75) is 6.92 Å². The molecule has 0 fully saturated rings. The first-order valence-corrected chi connectivity index (χ1v) is 3.88. The average Bonchev–Trinajstić information content (AvgIpc) is 2.09. The molecule has 0 saturated carbocycles. The highest BCUT2D eigenvalue weighted by atomic mass is 16.4. The van der Waals surface area contributed by atoms with E-state index in [0.29, 0.717) is 0 Å². The second kappa shape index (κ2) is 4.38. The number of anilines is 1. The number of rotatable bonds is 3. The minimum absolute atomic E-state index is 0.888. The summed E-state index contributed by atoms with van der Waals surface area (Å²) in [6, 6.07) is 7.66. The quantitative estimate of drug-likeness (QED) is 0.407. The van der Waals surface area contributed by atoms with Gasteiger partial charge in [-0.25, -0.2) is 0 Å². The SMILES string of the molecule is CCNc1ccc(/C=N/O)cc1. The van der Waals surface area contributed by atoms with E-state index < -0.39 is 0 Å². The molecule has 0 spiro atoms.